The second kappa shape index (κ2) is 6.61. The standard InChI is InChI=1S/C20H21NO4/c1-12(22)14-10-20(25-4)16(11-19(14)24-3)15-9-18(13(2)23)21-8-6-5-7-17(15)21/h5-12,22H,1-4H3/t12-/m0/s1. The van der Waals surface area contributed by atoms with Gasteiger partial charge in [-0.3, -0.25) is 4.79 Å². The van der Waals surface area contributed by atoms with Crippen LogP contribution in [0.1, 0.15) is 36.0 Å². The zero-order chi connectivity index (χ0) is 18.1. The van der Waals surface area contributed by atoms with E-state index >= 15 is 0 Å². The van der Waals surface area contributed by atoms with Crippen molar-refractivity contribution in [1.82, 2.24) is 4.40 Å². The van der Waals surface area contributed by atoms with E-state index in [1.54, 1.807) is 34.1 Å². The van der Waals surface area contributed by atoms with Crippen molar-refractivity contribution in [2.24, 2.45) is 0 Å². The molecule has 0 unspecified atom stereocenters. The number of nitrogens with zero attached hydrogens (tertiary/aromatic N) is 1. The van der Waals surface area contributed by atoms with Crippen molar-refractivity contribution in [1.29, 1.82) is 0 Å². The number of ketones is 1. The minimum Gasteiger partial charge on any atom is -0.496 e. The van der Waals surface area contributed by atoms with E-state index in [9.17, 15) is 9.90 Å². The highest BCUT2D eigenvalue weighted by atomic mass is 16.5. The number of fused-ring (bicyclic) bond motifs is 1. The van der Waals surface area contributed by atoms with Gasteiger partial charge >= 0.3 is 0 Å². The van der Waals surface area contributed by atoms with E-state index in [4.69, 9.17) is 9.47 Å². The predicted molar refractivity (Wildman–Crippen MR) is 96.6 cm³/mol. The molecule has 0 aliphatic heterocycles. The topological polar surface area (TPSA) is 60.2 Å². The number of aliphatic hydroxyl groups is 1. The zero-order valence-corrected chi connectivity index (χ0v) is 14.7. The van der Waals surface area contributed by atoms with Crippen LogP contribution in [0.2, 0.25) is 0 Å². The molecule has 1 N–H and O–H groups in total. The molecule has 1 aromatic carbocycles. The van der Waals surface area contributed by atoms with Gasteiger partial charge in [0.15, 0.2) is 5.78 Å². The van der Waals surface area contributed by atoms with E-state index in [0.717, 1.165) is 16.6 Å². The Balaban J connectivity index is 2.33. The summed E-state index contributed by atoms with van der Waals surface area (Å²) in [6.07, 6.45) is 1.18. The molecule has 25 heavy (non-hydrogen) atoms. The number of Topliss-reactive ketones (excluding diaryl/α,β-unsaturated/α-hetero) is 1. The molecule has 0 bridgehead atoms. The zero-order valence-electron chi connectivity index (χ0n) is 14.7. The Morgan fingerprint density at radius 3 is 2.40 bits per heavy atom. The summed E-state index contributed by atoms with van der Waals surface area (Å²) < 4.78 is 12.9. The molecule has 0 amide bonds. The molecule has 1 atom stereocenters. The van der Waals surface area contributed by atoms with E-state index in [-0.39, 0.29) is 5.78 Å². The van der Waals surface area contributed by atoms with Gasteiger partial charge in [0.2, 0.25) is 0 Å². The third-order valence-electron chi connectivity index (χ3n) is 4.33. The molecule has 2 heterocycles. The number of hydrogen-bond acceptors (Lipinski definition) is 4. The van der Waals surface area contributed by atoms with Crippen LogP contribution in [0, 0.1) is 0 Å². The van der Waals surface area contributed by atoms with Gasteiger partial charge < -0.3 is 19.0 Å². The number of carbonyl (C=O) groups excluding carboxylic acids is 1. The molecule has 3 aromatic rings. The SMILES string of the molecule is COc1cc([C@H](C)O)c(OC)cc1-c1cc(C(C)=O)n2ccccc12. The lowest BCUT2D eigenvalue weighted by Crippen LogP contribution is -1.99. The van der Waals surface area contributed by atoms with Gasteiger partial charge in [0.25, 0.3) is 0 Å². The molecule has 0 aliphatic rings. The van der Waals surface area contributed by atoms with Crippen LogP contribution in [0.4, 0.5) is 0 Å². The first-order valence-corrected chi connectivity index (χ1v) is 8.03. The highest BCUT2D eigenvalue weighted by Crippen LogP contribution is 2.41. The van der Waals surface area contributed by atoms with Crippen molar-refractivity contribution in [3.8, 4) is 22.6 Å². The van der Waals surface area contributed by atoms with Crippen molar-refractivity contribution in [3.63, 3.8) is 0 Å². The number of aliphatic hydroxyl groups excluding tert-OH is 1. The minimum atomic E-state index is -0.684. The summed E-state index contributed by atoms with van der Waals surface area (Å²) in [5.41, 5.74) is 3.83. The summed E-state index contributed by atoms with van der Waals surface area (Å²) in [5, 5.41) is 9.98. The maximum Gasteiger partial charge on any atom is 0.176 e. The number of rotatable bonds is 5. The Bertz CT molecular complexity index is 940. The Labute approximate surface area is 146 Å². The largest absolute Gasteiger partial charge is 0.496 e. The molecule has 3 rings (SSSR count). The second-order valence-corrected chi connectivity index (χ2v) is 5.93. The number of methoxy groups -OCH3 is 2. The Morgan fingerprint density at radius 1 is 1.08 bits per heavy atom. The lowest BCUT2D eigenvalue weighted by atomic mass is 10.00. The van der Waals surface area contributed by atoms with Crippen LogP contribution in [-0.2, 0) is 0 Å². The molecular weight excluding hydrogens is 318 g/mol. The molecule has 2 aromatic heterocycles. The third kappa shape index (κ3) is 2.87. The summed E-state index contributed by atoms with van der Waals surface area (Å²) in [6, 6.07) is 11.2. The molecule has 0 spiro atoms. The molecular formula is C20H21NO4. The lowest BCUT2D eigenvalue weighted by Gasteiger charge is -2.16. The average molecular weight is 339 g/mol. The van der Waals surface area contributed by atoms with Crippen LogP contribution < -0.4 is 9.47 Å². The average Bonchev–Trinajstić information content (AvgIpc) is 3.00. The van der Waals surface area contributed by atoms with Gasteiger partial charge in [-0.15, -0.1) is 0 Å². The van der Waals surface area contributed by atoms with E-state index in [2.05, 4.69) is 0 Å². The first kappa shape index (κ1) is 17.0. The third-order valence-corrected chi connectivity index (χ3v) is 4.33. The maximum atomic E-state index is 12.0. The number of pyridine rings is 1. The number of benzene rings is 1. The fourth-order valence-electron chi connectivity index (χ4n) is 3.10. The van der Waals surface area contributed by atoms with Gasteiger partial charge in [-0.25, -0.2) is 0 Å². The summed E-state index contributed by atoms with van der Waals surface area (Å²) in [5.74, 6) is 1.17. The normalized spacial score (nSPS) is 12.2. The maximum absolute atomic E-state index is 12.0. The van der Waals surface area contributed by atoms with Crippen LogP contribution in [-0.4, -0.2) is 29.5 Å². The Kier molecular flexibility index (Phi) is 4.51. The van der Waals surface area contributed by atoms with Gasteiger partial charge in [-0.2, -0.15) is 0 Å². The fourth-order valence-corrected chi connectivity index (χ4v) is 3.10. The molecule has 5 heteroatoms. The molecule has 0 aliphatic carbocycles. The van der Waals surface area contributed by atoms with Crippen molar-refractivity contribution in [2.75, 3.05) is 14.2 Å². The molecule has 0 fully saturated rings. The minimum absolute atomic E-state index is 0.0148. The number of ether oxygens (including phenoxy) is 2. The Hall–Kier alpha value is -2.79. The highest BCUT2D eigenvalue weighted by Gasteiger charge is 2.20. The first-order valence-electron chi connectivity index (χ1n) is 8.03. The van der Waals surface area contributed by atoms with Crippen LogP contribution >= 0.6 is 0 Å². The second-order valence-electron chi connectivity index (χ2n) is 5.93. The van der Waals surface area contributed by atoms with Crippen molar-refractivity contribution in [2.45, 2.75) is 20.0 Å². The summed E-state index contributed by atoms with van der Waals surface area (Å²) in [7, 11) is 3.15. The Morgan fingerprint density at radius 2 is 1.80 bits per heavy atom. The first-order chi connectivity index (χ1) is 12.0. The molecule has 0 saturated heterocycles. The van der Waals surface area contributed by atoms with Crippen molar-refractivity contribution >= 4 is 11.3 Å². The molecule has 0 saturated carbocycles. The van der Waals surface area contributed by atoms with Crippen molar-refractivity contribution in [3.05, 3.63) is 53.9 Å². The number of hydrogen-bond donors (Lipinski definition) is 1. The quantitative estimate of drug-likeness (QED) is 0.717. The fraction of sp³-hybridized carbons (Fsp3) is 0.250. The van der Waals surface area contributed by atoms with Crippen LogP contribution in [0.25, 0.3) is 16.6 Å². The molecule has 130 valence electrons. The summed E-state index contributed by atoms with van der Waals surface area (Å²) in [4.78, 5) is 12.0. The van der Waals surface area contributed by atoms with Gasteiger partial charge in [0.05, 0.1) is 31.5 Å². The molecule has 0 radical (unpaired) electrons. The van der Waals surface area contributed by atoms with E-state index < -0.39 is 6.10 Å². The van der Waals surface area contributed by atoms with E-state index in [1.807, 2.05) is 40.9 Å². The summed E-state index contributed by atoms with van der Waals surface area (Å²) >= 11 is 0. The highest BCUT2D eigenvalue weighted by molar-refractivity contribution is 5.98. The lowest BCUT2D eigenvalue weighted by molar-refractivity contribution is 0.101. The van der Waals surface area contributed by atoms with Crippen LogP contribution in [0.15, 0.2) is 42.6 Å². The van der Waals surface area contributed by atoms with Gasteiger partial charge in [0.1, 0.15) is 11.5 Å². The van der Waals surface area contributed by atoms with Crippen molar-refractivity contribution < 1.29 is 19.4 Å². The van der Waals surface area contributed by atoms with E-state index in [0.29, 0.717) is 22.8 Å². The van der Waals surface area contributed by atoms with Crippen LogP contribution in [0.5, 0.6) is 11.5 Å². The van der Waals surface area contributed by atoms with Crippen LogP contribution in [0.3, 0.4) is 0 Å². The van der Waals surface area contributed by atoms with Gasteiger partial charge in [-0.1, -0.05) is 6.07 Å². The number of aromatic nitrogens is 1. The predicted octanol–water partition coefficient (Wildman–Crippen LogP) is 3.88. The summed E-state index contributed by atoms with van der Waals surface area (Å²) in [6.45, 7) is 3.23. The van der Waals surface area contributed by atoms with Gasteiger partial charge in [-0.05, 0) is 37.3 Å². The number of carbonyl (C=O) groups is 1. The van der Waals surface area contributed by atoms with Gasteiger partial charge in [0, 0.05) is 29.8 Å². The monoisotopic (exact) mass is 339 g/mol. The van der Waals surface area contributed by atoms with E-state index in [1.165, 1.54) is 0 Å². The smallest absolute Gasteiger partial charge is 0.176 e. The molecule has 5 nitrogen and oxygen atoms in total.